The van der Waals surface area contributed by atoms with Gasteiger partial charge < -0.3 is 4.98 Å². The van der Waals surface area contributed by atoms with E-state index in [0.717, 1.165) is 12.8 Å². The van der Waals surface area contributed by atoms with E-state index in [1.807, 2.05) is 13.8 Å². The Labute approximate surface area is 107 Å². The molecule has 0 amide bonds. The van der Waals surface area contributed by atoms with Gasteiger partial charge in [0, 0.05) is 24.8 Å². The number of aromatic nitrogens is 1. The number of hydrogen-bond acceptors (Lipinski definition) is 3. The van der Waals surface area contributed by atoms with E-state index in [4.69, 9.17) is 0 Å². The summed E-state index contributed by atoms with van der Waals surface area (Å²) in [6.45, 7) is 4.52. The average molecular weight is 270 g/mol. The molecule has 1 fully saturated rings. The topological polar surface area (TPSA) is 70.2 Å². The van der Waals surface area contributed by atoms with E-state index in [9.17, 15) is 13.2 Å². The lowest BCUT2D eigenvalue weighted by Gasteiger charge is -2.23. The molecule has 0 saturated heterocycles. The number of hydrogen-bond donors (Lipinski definition) is 1. The molecule has 2 rings (SSSR count). The second-order valence-electron chi connectivity index (χ2n) is 5.09. The van der Waals surface area contributed by atoms with Crippen LogP contribution in [0.25, 0.3) is 0 Å². The van der Waals surface area contributed by atoms with Crippen LogP contribution < -0.4 is 5.56 Å². The SMILES string of the molecule is CC(C)CN(C1CC1)S(=O)(=O)c1ccc(=O)[nH]c1. The first-order chi connectivity index (χ1) is 8.41. The highest BCUT2D eigenvalue weighted by Gasteiger charge is 2.38. The van der Waals surface area contributed by atoms with E-state index in [0.29, 0.717) is 6.54 Å². The lowest BCUT2D eigenvalue weighted by Crippen LogP contribution is -2.36. The van der Waals surface area contributed by atoms with Crippen LogP contribution in [0.15, 0.2) is 28.0 Å². The fraction of sp³-hybridized carbons (Fsp3) is 0.583. The van der Waals surface area contributed by atoms with Crippen molar-refractivity contribution >= 4 is 10.0 Å². The number of H-pyrrole nitrogens is 1. The van der Waals surface area contributed by atoms with Crippen LogP contribution in [0.2, 0.25) is 0 Å². The van der Waals surface area contributed by atoms with Gasteiger partial charge in [-0.2, -0.15) is 4.31 Å². The quantitative estimate of drug-likeness (QED) is 0.873. The minimum absolute atomic E-state index is 0.129. The number of nitrogens with zero attached hydrogens (tertiary/aromatic N) is 1. The molecule has 5 nitrogen and oxygen atoms in total. The molecule has 1 aromatic heterocycles. The summed E-state index contributed by atoms with van der Waals surface area (Å²) < 4.78 is 26.5. The monoisotopic (exact) mass is 270 g/mol. The van der Waals surface area contributed by atoms with Crippen LogP contribution in [0, 0.1) is 5.92 Å². The minimum atomic E-state index is -3.49. The summed E-state index contributed by atoms with van der Waals surface area (Å²) in [6.07, 6.45) is 3.12. The highest BCUT2D eigenvalue weighted by Crippen LogP contribution is 2.32. The van der Waals surface area contributed by atoms with Gasteiger partial charge in [-0.3, -0.25) is 4.79 Å². The molecular weight excluding hydrogens is 252 g/mol. The van der Waals surface area contributed by atoms with Gasteiger partial charge in [-0.1, -0.05) is 13.8 Å². The van der Waals surface area contributed by atoms with Crippen molar-refractivity contribution < 1.29 is 8.42 Å². The van der Waals surface area contributed by atoms with Crippen molar-refractivity contribution in [2.45, 2.75) is 37.6 Å². The van der Waals surface area contributed by atoms with Crippen molar-refractivity contribution in [1.82, 2.24) is 9.29 Å². The predicted molar refractivity (Wildman–Crippen MR) is 68.8 cm³/mol. The molecule has 0 bridgehead atoms. The Balaban J connectivity index is 2.32. The second-order valence-corrected chi connectivity index (χ2v) is 6.98. The zero-order valence-electron chi connectivity index (χ0n) is 10.6. The molecule has 1 aliphatic carbocycles. The van der Waals surface area contributed by atoms with Gasteiger partial charge in [-0.05, 0) is 24.8 Å². The smallest absolute Gasteiger partial charge is 0.247 e. The lowest BCUT2D eigenvalue weighted by molar-refractivity contribution is 0.360. The van der Waals surface area contributed by atoms with Crippen LogP contribution >= 0.6 is 0 Å². The first kappa shape index (κ1) is 13.3. The van der Waals surface area contributed by atoms with Crippen LogP contribution in [-0.4, -0.2) is 30.3 Å². The maximum Gasteiger partial charge on any atom is 0.247 e. The highest BCUT2D eigenvalue weighted by atomic mass is 32.2. The summed E-state index contributed by atoms with van der Waals surface area (Å²) in [5.74, 6) is 0.281. The summed E-state index contributed by atoms with van der Waals surface area (Å²) in [6, 6.07) is 2.74. The summed E-state index contributed by atoms with van der Waals surface area (Å²) in [4.78, 5) is 13.6. The van der Waals surface area contributed by atoms with Crippen LogP contribution in [-0.2, 0) is 10.0 Å². The molecule has 1 N–H and O–H groups in total. The van der Waals surface area contributed by atoms with Gasteiger partial charge in [0.2, 0.25) is 15.6 Å². The standard InChI is InChI=1S/C12H18N2O3S/c1-9(2)8-14(10-3-4-10)18(16,17)11-5-6-12(15)13-7-11/h5-7,9-10H,3-4,8H2,1-2H3,(H,13,15). The van der Waals surface area contributed by atoms with Crippen LogP contribution in [0.5, 0.6) is 0 Å². The number of aromatic amines is 1. The average Bonchev–Trinajstić information content (AvgIpc) is 3.10. The first-order valence-corrected chi connectivity index (χ1v) is 7.56. The van der Waals surface area contributed by atoms with Crippen LogP contribution in [0.3, 0.4) is 0 Å². The van der Waals surface area contributed by atoms with Crippen molar-refractivity contribution in [3.05, 3.63) is 28.7 Å². The largest absolute Gasteiger partial charge is 0.328 e. The van der Waals surface area contributed by atoms with Gasteiger partial charge in [0.1, 0.15) is 0 Å². The van der Waals surface area contributed by atoms with Crippen molar-refractivity contribution in [3.8, 4) is 0 Å². The van der Waals surface area contributed by atoms with E-state index in [-0.39, 0.29) is 22.4 Å². The molecule has 1 heterocycles. The zero-order valence-corrected chi connectivity index (χ0v) is 11.4. The summed E-state index contributed by atoms with van der Waals surface area (Å²) >= 11 is 0. The maximum atomic E-state index is 12.5. The predicted octanol–water partition coefficient (Wildman–Crippen LogP) is 1.18. The summed E-state index contributed by atoms with van der Waals surface area (Å²) in [7, 11) is -3.49. The molecule has 0 unspecified atom stereocenters. The van der Waals surface area contributed by atoms with E-state index in [2.05, 4.69) is 4.98 Å². The van der Waals surface area contributed by atoms with Crippen molar-refractivity contribution in [3.63, 3.8) is 0 Å². The molecule has 100 valence electrons. The van der Waals surface area contributed by atoms with Crippen LogP contribution in [0.1, 0.15) is 26.7 Å². The molecule has 1 aliphatic rings. The van der Waals surface area contributed by atoms with E-state index in [1.54, 1.807) is 4.31 Å². The molecule has 0 radical (unpaired) electrons. The van der Waals surface area contributed by atoms with Crippen molar-refractivity contribution in [2.24, 2.45) is 5.92 Å². The summed E-state index contributed by atoms with van der Waals surface area (Å²) in [5, 5.41) is 0. The van der Waals surface area contributed by atoms with Gasteiger partial charge in [0.05, 0.1) is 4.90 Å². The zero-order chi connectivity index (χ0) is 13.3. The Morgan fingerprint density at radius 2 is 2.06 bits per heavy atom. The second kappa shape index (κ2) is 4.85. The Hall–Kier alpha value is -1.14. The van der Waals surface area contributed by atoms with E-state index < -0.39 is 10.0 Å². The number of sulfonamides is 1. The third-order valence-corrected chi connectivity index (χ3v) is 4.78. The molecule has 0 aromatic carbocycles. The van der Waals surface area contributed by atoms with Gasteiger partial charge in [-0.15, -0.1) is 0 Å². The van der Waals surface area contributed by atoms with Crippen molar-refractivity contribution in [2.75, 3.05) is 6.54 Å². The molecule has 6 heteroatoms. The number of rotatable bonds is 5. The minimum Gasteiger partial charge on any atom is -0.328 e. The first-order valence-electron chi connectivity index (χ1n) is 6.12. The Morgan fingerprint density at radius 3 is 2.50 bits per heavy atom. The normalized spacial score (nSPS) is 16.4. The fourth-order valence-electron chi connectivity index (χ4n) is 1.86. The third kappa shape index (κ3) is 2.81. The number of nitrogens with one attached hydrogen (secondary N) is 1. The van der Waals surface area contributed by atoms with E-state index >= 15 is 0 Å². The summed E-state index contributed by atoms with van der Waals surface area (Å²) in [5.41, 5.74) is -0.296. The molecule has 0 aliphatic heterocycles. The van der Waals surface area contributed by atoms with Gasteiger partial charge in [0.15, 0.2) is 0 Å². The molecule has 0 atom stereocenters. The third-order valence-electron chi connectivity index (χ3n) is 2.86. The Kier molecular flexibility index (Phi) is 3.59. The van der Waals surface area contributed by atoms with Gasteiger partial charge in [-0.25, -0.2) is 8.42 Å². The van der Waals surface area contributed by atoms with Gasteiger partial charge >= 0.3 is 0 Å². The molecule has 1 aromatic rings. The molecule has 1 saturated carbocycles. The van der Waals surface area contributed by atoms with Crippen LogP contribution in [0.4, 0.5) is 0 Å². The lowest BCUT2D eigenvalue weighted by atomic mass is 10.2. The number of pyridine rings is 1. The fourth-order valence-corrected chi connectivity index (χ4v) is 3.67. The van der Waals surface area contributed by atoms with E-state index in [1.165, 1.54) is 18.3 Å². The molecule has 0 spiro atoms. The molecular formula is C12H18N2O3S. The van der Waals surface area contributed by atoms with Gasteiger partial charge in [0.25, 0.3) is 0 Å². The van der Waals surface area contributed by atoms with Crippen molar-refractivity contribution in [1.29, 1.82) is 0 Å². The Morgan fingerprint density at radius 1 is 1.39 bits per heavy atom. The highest BCUT2D eigenvalue weighted by molar-refractivity contribution is 7.89. The molecule has 18 heavy (non-hydrogen) atoms. The Bertz CT molecular complexity index is 553. The maximum absolute atomic E-state index is 12.5.